The molecule has 0 aliphatic carbocycles. The summed E-state index contributed by atoms with van der Waals surface area (Å²) in [6, 6.07) is 4.70. The van der Waals surface area contributed by atoms with Gasteiger partial charge in [-0.05, 0) is 37.1 Å². The Morgan fingerprint density at radius 2 is 2.32 bits per heavy atom. The molecule has 6 heteroatoms. The van der Waals surface area contributed by atoms with E-state index in [9.17, 15) is 10.1 Å². The van der Waals surface area contributed by atoms with Crippen molar-refractivity contribution in [3.63, 3.8) is 0 Å². The maximum Gasteiger partial charge on any atom is 0.273 e. The average molecular weight is 284 g/mol. The van der Waals surface area contributed by atoms with E-state index in [2.05, 4.69) is 11.8 Å². The molecule has 1 unspecified atom stereocenters. The van der Waals surface area contributed by atoms with Crippen LogP contribution in [-0.2, 0) is 6.54 Å². The van der Waals surface area contributed by atoms with Gasteiger partial charge in [0, 0.05) is 29.7 Å². The molecule has 19 heavy (non-hydrogen) atoms. The lowest BCUT2D eigenvalue weighted by atomic mass is 9.90. The van der Waals surface area contributed by atoms with Crippen LogP contribution in [0.1, 0.15) is 18.9 Å². The normalized spacial score (nSPS) is 23.7. The van der Waals surface area contributed by atoms with Crippen LogP contribution in [0.2, 0.25) is 5.02 Å². The van der Waals surface area contributed by atoms with E-state index in [-0.39, 0.29) is 16.0 Å². The van der Waals surface area contributed by atoms with Crippen molar-refractivity contribution >= 4 is 17.3 Å². The van der Waals surface area contributed by atoms with E-state index in [0.717, 1.165) is 19.5 Å². The van der Waals surface area contributed by atoms with Crippen molar-refractivity contribution in [1.29, 1.82) is 0 Å². The highest BCUT2D eigenvalue weighted by Crippen LogP contribution is 2.31. The molecular formula is C13H18ClN3O2. The third-order valence-electron chi connectivity index (χ3n) is 3.76. The zero-order valence-electron chi connectivity index (χ0n) is 10.9. The number of nitrogens with zero attached hydrogens (tertiary/aromatic N) is 2. The zero-order chi connectivity index (χ0) is 14.0. The van der Waals surface area contributed by atoms with Crippen LogP contribution < -0.4 is 5.73 Å². The molecule has 0 aromatic heterocycles. The van der Waals surface area contributed by atoms with Gasteiger partial charge < -0.3 is 5.73 Å². The fourth-order valence-corrected chi connectivity index (χ4v) is 2.72. The minimum absolute atomic E-state index is 0.118. The van der Waals surface area contributed by atoms with Crippen LogP contribution in [0.3, 0.4) is 0 Å². The predicted octanol–water partition coefficient (Wildman–Crippen LogP) is 2.42. The highest BCUT2D eigenvalue weighted by atomic mass is 35.5. The Balaban J connectivity index is 2.16. The van der Waals surface area contributed by atoms with Crippen molar-refractivity contribution in [2.24, 2.45) is 11.1 Å². The van der Waals surface area contributed by atoms with E-state index in [1.54, 1.807) is 12.1 Å². The minimum Gasteiger partial charge on any atom is -0.330 e. The fraction of sp³-hybridized carbons (Fsp3) is 0.538. The van der Waals surface area contributed by atoms with Gasteiger partial charge in [-0.2, -0.15) is 0 Å². The number of nitrogens with two attached hydrogens (primary N) is 1. The number of halogens is 1. The first-order chi connectivity index (χ1) is 8.93. The summed E-state index contributed by atoms with van der Waals surface area (Å²) in [5.41, 5.74) is 6.68. The Morgan fingerprint density at radius 1 is 1.58 bits per heavy atom. The summed E-state index contributed by atoms with van der Waals surface area (Å²) in [6.45, 7) is 5.12. The molecule has 1 heterocycles. The molecule has 2 rings (SSSR count). The first-order valence-electron chi connectivity index (χ1n) is 6.29. The van der Waals surface area contributed by atoms with E-state index < -0.39 is 0 Å². The minimum atomic E-state index is -0.357. The van der Waals surface area contributed by atoms with Crippen LogP contribution in [0.25, 0.3) is 0 Å². The third-order valence-corrected chi connectivity index (χ3v) is 4.00. The topological polar surface area (TPSA) is 72.4 Å². The molecule has 0 saturated carbocycles. The number of hydrogen-bond acceptors (Lipinski definition) is 4. The number of hydrogen-bond donors (Lipinski definition) is 1. The highest BCUT2D eigenvalue weighted by molar-refractivity contribution is 6.30. The SMILES string of the molecule is CC1(CN)CCN(Cc2cc(Cl)ccc2[N+](=O)[O-])C1. The highest BCUT2D eigenvalue weighted by Gasteiger charge is 2.33. The molecule has 0 radical (unpaired) electrons. The number of likely N-dealkylation sites (tertiary alicyclic amines) is 1. The molecule has 1 aromatic rings. The molecular weight excluding hydrogens is 266 g/mol. The molecule has 104 valence electrons. The van der Waals surface area contributed by atoms with Crippen LogP contribution >= 0.6 is 11.6 Å². The molecule has 1 aromatic carbocycles. The van der Waals surface area contributed by atoms with Crippen molar-refractivity contribution in [1.82, 2.24) is 4.90 Å². The van der Waals surface area contributed by atoms with E-state index in [0.29, 0.717) is 23.7 Å². The molecule has 1 aliphatic heterocycles. The second-order valence-electron chi connectivity index (χ2n) is 5.51. The maximum atomic E-state index is 11.0. The number of rotatable bonds is 4. The van der Waals surface area contributed by atoms with Gasteiger partial charge in [0.1, 0.15) is 0 Å². The summed E-state index contributed by atoms with van der Waals surface area (Å²) >= 11 is 5.93. The van der Waals surface area contributed by atoms with Crippen molar-refractivity contribution in [3.05, 3.63) is 38.9 Å². The predicted molar refractivity (Wildman–Crippen MR) is 75.2 cm³/mol. The molecule has 0 amide bonds. The number of benzene rings is 1. The Kier molecular flexibility index (Phi) is 4.08. The van der Waals surface area contributed by atoms with Gasteiger partial charge in [-0.1, -0.05) is 18.5 Å². The smallest absolute Gasteiger partial charge is 0.273 e. The quantitative estimate of drug-likeness (QED) is 0.680. The monoisotopic (exact) mass is 283 g/mol. The number of nitro groups is 1. The Hall–Kier alpha value is -1.17. The zero-order valence-corrected chi connectivity index (χ0v) is 11.7. The van der Waals surface area contributed by atoms with Crippen molar-refractivity contribution in [2.45, 2.75) is 19.9 Å². The van der Waals surface area contributed by atoms with Gasteiger partial charge in [0.25, 0.3) is 5.69 Å². The summed E-state index contributed by atoms with van der Waals surface area (Å²) in [5, 5.41) is 11.5. The molecule has 1 fully saturated rings. The van der Waals surface area contributed by atoms with Crippen LogP contribution in [-0.4, -0.2) is 29.5 Å². The molecule has 1 aliphatic rings. The molecule has 2 N–H and O–H groups in total. The molecule has 1 saturated heterocycles. The molecule has 0 bridgehead atoms. The van der Waals surface area contributed by atoms with Crippen LogP contribution in [0, 0.1) is 15.5 Å². The number of nitro benzene ring substituents is 1. The lowest BCUT2D eigenvalue weighted by Gasteiger charge is -2.22. The van der Waals surface area contributed by atoms with E-state index in [4.69, 9.17) is 17.3 Å². The Morgan fingerprint density at radius 3 is 2.89 bits per heavy atom. The van der Waals surface area contributed by atoms with Gasteiger partial charge in [-0.15, -0.1) is 0 Å². The molecule has 5 nitrogen and oxygen atoms in total. The summed E-state index contributed by atoms with van der Waals surface area (Å²) in [5.74, 6) is 0. The standard InChI is InChI=1S/C13H18ClN3O2/c1-13(8-15)4-5-16(9-13)7-10-6-11(14)2-3-12(10)17(18)19/h2-3,6H,4-5,7-9,15H2,1H3. The van der Waals surface area contributed by atoms with Gasteiger partial charge >= 0.3 is 0 Å². The van der Waals surface area contributed by atoms with Crippen LogP contribution in [0.5, 0.6) is 0 Å². The van der Waals surface area contributed by atoms with Gasteiger partial charge in [0.15, 0.2) is 0 Å². The van der Waals surface area contributed by atoms with E-state index >= 15 is 0 Å². The van der Waals surface area contributed by atoms with E-state index in [1.165, 1.54) is 6.07 Å². The maximum absolute atomic E-state index is 11.0. The van der Waals surface area contributed by atoms with E-state index in [1.807, 2.05) is 0 Å². The van der Waals surface area contributed by atoms with Crippen LogP contribution in [0.4, 0.5) is 5.69 Å². The molecule has 0 spiro atoms. The molecule has 1 atom stereocenters. The van der Waals surface area contributed by atoms with Crippen LogP contribution in [0.15, 0.2) is 18.2 Å². The first kappa shape index (κ1) is 14.2. The summed E-state index contributed by atoms with van der Waals surface area (Å²) in [6.07, 6.45) is 1.03. The summed E-state index contributed by atoms with van der Waals surface area (Å²) < 4.78 is 0. The largest absolute Gasteiger partial charge is 0.330 e. The average Bonchev–Trinajstić information content (AvgIpc) is 2.71. The Bertz CT molecular complexity index is 495. The summed E-state index contributed by atoms with van der Waals surface area (Å²) in [7, 11) is 0. The van der Waals surface area contributed by atoms with Gasteiger partial charge in [0.05, 0.1) is 4.92 Å². The Labute approximate surface area is 117 Å². The van der Waals surface area contributed by atoms with Crippen molar-refractivity contribution < 1.29 is 4.92 Å². The fourth-order valence-electron chi connectivity index (χ4n) is 2.53. The lowest BCUT2D eigenvalue weighted by Crippen LogP contribution is -2.31. The van der Waals surface area contributed by atoms with Gasteiger partial charge in [-0.25, -0.2) is 0 Å². The second kappa shape index (κ2) is 5.45. The summed E-state index contributed by atoms with van der Waals surface area (Å²) in [4.78, 5) is 12.9. The van der Waals surface area contributed by atoms with Crippen molar-refractivity contribution in [2.75, 3.05) is 19.6 Å². The third kappa shape index (κ3) is 3.23. The second-order valence-corrected chi connectivity index (χ2v) is 5.94. The first-order valence-corrected chi connectivity index (χ1v) is 6.66. The van der Waals surface area contributed by atoms with Crippen molar-refractivity contribution in [3.8, 4) is 0 Å². The van der Waals surface area contributed by atoms with Gasteiger partial charge in [0.2, 0.25) is 0 Å². The lowest BCUT2D eigenvalue weighted by molar-refractivity contribution is -0.385. The van der Waals surface area contributed by atoms with Gasteiger partial charge in [-0.3, -0.25) is 15.0 Å².